The standard InChI is InChI=1S/C24H18O4/c1-15-8-10-18(11-9-15)24(26)28-19-12-13-20-21(14-19)27-16(2)22(23(20)25)17-6-4-3-5-7-17/h3-14H,1-2H3. The highest BCUT2D eigenvalue weighted by Gasteiger charge is 2.15. The monoisotopic (exact) mass is 370 g/mol. The Labute approximate surface area is 162 Å². The second kappa shape index (κ2) is 7.16. The van der Waals surface area contributed by atoms with Crippen LogP contribution >= 0.6 is 0 Å². The van der Waals surface area contributed by atoms with Gasteiger partial charge in [-0.05, 0) is 43.7 Å². The predicted molar refractivity (Wildman–Crippen MR) is 109 cm³/mol. The molecule has 4 rings (SSSR count). The van der Waals surface area contributed by atoms with E-state index in [-0.39, 0.29) is 5.43 Å². The number of hydrogen-bond donors (Lipinski definition) is 0. The van der Waals surface area contributed by atoms with Crippen molar-refractivity contribution in [1.82, 2.24) is 0 Å². The summed E-state index contributed by atoms with van der Waals surface area (Å²) < 4.78 is 11.3. The van der Waals surface area contributed by atoms with Gasteiger partial charge in [0.15, 0.2) is 0 Å². The minimum atomic E-state index is -0.459. The lowest BCUT2D eigenvalue weighted by molar-refractivity contribution is 0.0735. The van der Waals surface area contributed by atoms with Gasteiger partial charge in [-0.2, -0.15) is 0 Å². The van der Waals surface area contributed by atoms with Gasteiger partial charge in [0.25, 0.3) is 0 Å². The summed E-state index contributed by atoms with van der Waals surface area (Å²) in [5.41, 5.74) is 3.15. The highest BCUT2D eigenvalue weighted by molar-refractivity contribution is 5.92. The molecule has 1 heterocycles. The number of esters is 1. The molecule has 0 aliphatic rings. The molecule has 0 amide bonds. The summed E-state index contributed by atoms with van der Waals surface area (Å²) in [6, 6.07) is 21.4. The Kier molecular flexibility index (Phi) is 4.53. The maximum atomic E-state index is 13.0. The van der Waals surface area contributed by atoms with Crippen molar-refractivity contribution in [1.29, 1.82) is 0 Å². The van der Waals surface area contributed by atoms with Gasteiger partial charge < -0.3 is 9.15 Å². The third kappa shape index (κ3) is 3.32. The van der Waals surface area contributed by atoms with Crippen LogP contribution in [0.15, 0.2) is 82.0 Å². The molecule has 138 valence electrons. The van der Waals surface area contributed by atoms with Crippen LogP contribution in [-0.2, 0) is 0 Å². The minimum absolute atomic E-state index is 0.110. The molecule has 0 bridgehead atoms. The number of carbonyl (C=O) groups excluding carboxylic acids is 1. The molecule has 0 saturated carbocycles. The second-order valence-electron chi connectivity index (χ2n) is 6.64. The van der Waals surface area contributed by atoms with Gasteiger partial charge >= 0.3 is 5.97 Å². The van der Waals surface area contributed by atoms with Crippen LogP contribution in [0.25, 0.3) is 22.1 Å². The van der Waals surface area contributed by atoms with Crippen LogP contribution in [0.2, 0.25) is 0 Å². The molecule has 0 aliphatic carbocycles. The third-order valence-corrected chi connectivity index (χ3v) is 4.60. The molecule has 1 aromatic heterocycles. The van der Waals surface area contributed by atoms with E-state index in [9.17, 15) is 9.59 Å². The normalized spacial score (nSPS) is 10.8. The zero-order valence-electron chi connectivity index (χ0n) is 15.6. The Balaban J connectivity index is 1.71. The number of rotatable bonds is 3. The van der Waals surface area contributed by atoms with Crippen molar-refractivity contribution >= 4 is 16.9 Å². The average Bonchev–Trinajstić information content (AvgIpc) is 2.69. The molecule has 3 aromatic carbocycles. The summed E-state index contributed by atoms with van der Waals surface area (Å²) in [4.78, 5) is 25.3. The molecule has 0 N–H and O–H groups in total. The number of benzene rings is 3. The number of aryl methyl sites for hydroxylation is 2. The minimum Gasteiger partial charge on any atom is -0.460 e. The summed E-state index contributed by atoms with van der Waals surface area (Å²) in [7, 11) is 0. The molecule has 0 atom stereocenters. The molecule has 4 heteroatoms. The number of carbonyl (C=O) groups is 1. The van der Waals surface area contributed by atoms with Crippen LogP contribution in [0, 0.1) is 13.8 Å². The van der Waals surface area contributed by atoms with E-state index >= 15 is 0 Å². The maximum Gasteiger partial charge on any atom is 0.343 e. The predicted octanol–water partition coefficient (Wildman–Crippen LogP) is 5.30. The van der Waals surface area contributed by atoms with Crippen molar-refractivity contribution < 1.29 is 13.9 Å². The van der Waals surface area contributed by atoms with E-state index in [0.29, 0.717) is 33.6 Å². The molecule has 0 radical (unpaired) electrons. The summed E-state index contributed by atoms with van der Waals surface area (Å²) in [6.45, 7) is 3.71. The topological polar surface area (TPSA) is 56.5 Å². The van der Waals surface area contributed by atoms with Crippen molar-refractivity contribution in [3.63, 3.8) is 0 Å². The summed E-state index contributed by atoms with van der Waals surface area (Å²) in [5, 5.41) is 0.444. The van der Waals surface area contributed by atoms with Gasteiger partial charge in [-0.25, -0.2) is 4.79 Å². The smallest absolute Gasteiger partial charge is 0.343 e. The fourth-order valence-corrected chi connectivity index (χ4v) is 3.14. The Hall–Kier alpha value is -3.66. The van der Waals surface area contributed by atoms with Crippen LogP contribution in [0.3, 0.4) is 0 Å². The zero-order valence-corrected chi connectivity index (χ0v) is 15.6. The fourth-order valence-electron chi connectivity index (χ4n) is 3.14. The molecular formula is C24H18O4. The van der Waals surface area contributed by atoms with Gasteiger partial charge in [-0.3, -0.25) is 4.79 Å². The van der Waals surface area contributed by atoms with E-state index in [0.717, 1.165) is 11.1 Å². The fraction of sp³-hybridized carbons (Fsp3) is 0.0833. The Morgan fingerprint density at radius 2 is 1.61 bits per heavy atom. The van der Waals surface area contributed by atoms with Crippen molar-refractivity contribution in [2.75, 3.05) is 0 Å². The molecule has 0 aliphatic heterocycles. The molecule has 28 heavy (non-hydrogen) atoms. The maximum absolute atomic E-state index is 13.0. The van der Waals surface area contributed by atoms with Gasteiger partial charge in [-0.15, -0.1) is 0 Å². The van der Waals surface area contributed by atoms with E-state index in [4.69, 9.17) is 9.15 Å². The molecule has 4 nitrogen and oxygen atoms in total. The Bertz CT molecular complexity index is 1220. The zero-order chi connectivity index (χ0) is 19.7. The van der Waals surface area contributed by atoms with Crippen LogP contribution in [0.5, 0.6) is 5.75 Å². The number of ether oxygens (including phenoxy) is 1. The van der Waals surface area contributed by atoms with Gasteiger partial charge in [0.1, 0.15) is 17.1 Å². The van der Waals surface area contributed by atoms with Crippen molar-refractivity contribution in [3.05, 3.63) is 99.9 Å². The van der Waals surface area contributed by atoms with Gasteiger partial charge in [0.2, 0.25) is 5.43 Å². The highest BCUT2D eigenvalue weighted by atomic mass is 16.5. The number of fused-ring (bicyclic) bond motifs is 1. The van der Waals surface area contributed by atoms with Gasteiger partial charge in [0, 0.05) is 6.07 Å². The first-order valence-electron chi connectivity index (χ1n) is 8.94. The van der Waals surface area contributed by atoms with Crippen molar-refractivity contribution in [2.45, 2.75) is 13.8 Å². The molecule has 0 unspecified atom stereocenters. The van der Waals surface area contributed by atoms with E-state index < -0.39 is 5.97 Å². The second-order valence-corrected chi connectivity index (χ2v) is 6.64. The van der Waals surface area contributed by atoms with E-state index in [1.807, 2.05) is 49.4 Å². The SMILES string of the molecule is Cc1ccc(C(=O)Oc2ccc3c(=O)c(-c4ccccc4)c(C)oc3c2)cc1. The first-order valence-corrected chi connectivity index (χ1v) is 8.94. The van der Waals surface area contributed by atoms with E-state index in [2.05, 4.69) is 0 Å². The average molecular weight is 370 g/mol. The molecular weight excluding hydrogens is 352 g/mol. The summed E-state index contributed by atoms with van der Waals surface area (Å²) in [5.74, 6) is 0.387. The Morgan fingerprint density at radius 3 is 2.32 bits per heavy atom. The highest BCUT2D eigenvalue weighted by Crippen LogP contribution is 2.26. The van der Waals surface area contributed by atoms with Gasteiger partial charge in [0.05, 0.1) is 16.5 Å². The van der Waals surface area contributed by atoms with Gasteiger partial charge in [-0.1, -0.05) is 48.0 Å². The quantitative estimate of drug-likeness (QED) is 0.363. The lowest BCUT2D eigenvalue weighted by Crippen LogP contribution is -2.10. The Morgan fingerprint density at radius 1 is 0.893 bits per heavy atom. The van der Waals surface area contributed by atoms with Crippen LogP contribution in [-0.4, -0.2) is 5.97 Å². The van der Waals surface area contributed by atoms with Crippen LogP contribution in [0.4, 0.5) is 0 Å². The van der Waals surface area contributed by atoms with Crippen molar-refractivity contribution in [3.8, 4) is 16.9 Å². The van der Waals surface area contributed by atoms with Crippen LogP contribution < -0.4 is 10.2 Å². The summed E-state index contributed by atoms with van der Waals surface area (Å²) in [6.07, 6.45) is 0. The lowest BCUT2D eigenvalue weighted by atomic mass is 10.0. The lowest BCUT2D eigenvalue weighted by Gasteiger charge is -2.09. The van der Waals surface area contributed by atoms with Crippen molar-refractivity contribution in [2.24, 2.45) is 0 Å². The molecule has 4 aromatic rings. The third-order valence-electron chi connectivity index (χ3n) is 4.60. The number of hydrogen-bond acceptors (Lipinski definition) is 4. The first kappa shape index (κ1) is 17.7. The molecule has 0 spiro atoms. The molecule has 0 fully saturated rings. The largest absolute Gasteiger partial charge is 0.460 e. The first-order chi connectivity index (χ1) is 13.5. The van der Waals surface area contributed by atoms with E-state index in [1.165, 1.54) is 0 Å². The van der Waals surface area contributed by atoms with Crippen LogP contribution in [0.1, 0.15) is 21.7 Å². The summed E-state index contributed by atoms with van der Waals surface area (Å²) >= 11 is 0. The van der Waals surface area contributed by atoms with E-state index in [1.54, 1.807) is 37.3 Å². The molecule has 0 saturated heterocycles.